The van der Waals surface area contributed by atoms with Gasteiger partial charge in [-0.2, -0.15) is 0 Å². The number of carbonyl (C=O) groups excluding carboxylic acids is 1. The predicted octanol–water partition coefficient (Wildman–Crippen LogP) is 3.88. The largest absolute Gasteiger partial charge is 0.430 e. The minimum absolute atomic E-state index is 0.000723. The van der Waals surface area contributed by atoms with Gasteiger partial charge in [0.15, 0.2) is 0 Å². The van der Waals surface area contributed by atoms with Crippen molar-refractivity contribution in [3.63, 3.8) is 0 Å². The third-order valence-corrected chi connectivity index (χ3v) is 2.49. The third kappa shape index (κ3) is 3.00. The molecule has 0 saturated heterocycles. The van der Waals surface area contributed by atoms with Crippen LogP contribution in [0, 0.1) is 5.41 Å². The molecule has 1 N–H and O–H groups in total. The smallest absolute Gasteiger partial charge is 0.359 e. The van der Waals surface area contributed by atoms with Crippen LogP contribution in [0.4, 0.5) is 0 Å². The Morgan fingerprint density at radius 1 is 1.28 bits per heavy atom. The van der Waals surface area contributed by atoms with E-state index in [1.54, 1.807) is 6.07 Å². The van der Waals surface area contributed by atoms with E-state index in [1.165, 1.54) is 6.26 Å². The molecule has 2 rings (SSSR count). The number of esters is 1. The summed E-state index contributed by atoms with van der Waals surface area (Å²) in [5.74, 6) is -0.369. The molecule has 3 heteroatoms. The molecule has 0 atom stereocenters. The number of hydrogen-bond donors (Lipinski definition) is 1. The van der Waals surface area contributed by atoms with Crippen LogP contribution >= 0.6 is 0 Å². The summed E-state index contributed by atoms with van der Waals surface area (Å²) in [7, 11) is 0. The van der Waals surface area contributed by atoms with Crippen LogP contribution in [0.15, 0.2) is 42.7 Å². The average molecular weight is 243 g/mol. The van der Waals surface area contributed by atoms with E-state index in [2.05, 4.69) is 4.98 Å². The summed E-state index contributed by atoms with van der Waals surface area (Å²) in [6.45, 7) is 6.13. The van der Waals surface area contributed by atoms with Crippen molar-refractivity contribution in [2.75, 3.05) is 0 Å². The molecule has 0 aliphatic rings. The van der Waals surface area contributed by atoms with Crippen molar-refractivity contribution in [2.45, 2.75) is 20.8 Å². The van der Waals surface area contributed by atoms with Gasteiger partial charge in [-0.15, -0.1) is 0 Å². The number of ether oxygens (including phenoxy) is 1. The van der Waals surface area contributed by atoms with E-state index in [9.17, 15) is 4.79 Å². The molecule has 1 aromatic carbocycles. The van der Waals surface area contributed by atoms with E-state index in [0.29, 0.717) is 5.69 Å². The van der Waals surface area contributed by atoms with Crippen LogP contribution in [0.3, 0.4) is 0 Å². The van der Waals surface area contributed by atoms with Crippen molar-refractivity contribution < 1.29 is 9.53 Å². The van der Waals surface area contributed by atoms with Gasteiger partial charge < -0.3 is 9.72 Å². The summed E-state index contributed by atoms with van der Waals surface area (Å²) >= 11 is 0. The molecule has 0 spiro atoms. The predicted molar refractivity (Wildman–Crippen MR) is 72.3 cm³/mol. The molecule has 0 unspecified atom stereocenters. The Bertz CT molecular complexity index is 555. The number of carbonyl (C=O) groups is 1. The van der Waals surface area contributed by atoms with E-state index in [1.807, 2.05) is 51.1 Å². The Hall–Kier alpha value is -2.03. The topological polar surface area (TPSA) is 42.1 Å². The van der Waals surface area contributed by atoms with E-state index in [0.717, 1.165) is 10.9 Å². The van der Waals surface area contributed by atoms with Crippen LogP contribution in [0.25, 0.3) is 10.9 Å². The fourth-order valence-corrected chi connectivity index (χ4v) is 1.55. The first kappa shape index (κ1) is 12.4. The Kier molecular flexibility index (Phi) is 3.24. The summed E-state index contributed by atoms with van der Waals surface area (Å²) < 4.78 is 5.08. The van der Waals surface area contributed by atoms with Crippen LogP contribution in [-0.2, 0) is 4.74 Å². The van der Waals surface area contributed by atoms with Crippen LogP contribution in [0.2, 0.25) is 0 Å². The van der Waals surface area contributed by atoms with Gasteiger partial charge in [-0.3, -0.25) is 0 Å². The van der Waals surface area contributed by atoms with Gasteiger partial charge >= 0.3 is 5.97 Å². The molecule has 0 fully saturated rings. The van der Waals surface area contributed by atoms with Crippen molar-refractivity contribution in [1.82, 2.24) is 4.98 Å². The maximum atomic E-state index is 11.8. The first-order valence-corrected chi connectivity index (χ1v) is 5.92. The van der Waals surface area contributed by atoms with Gasteiger partial charge in [0.05, 0.1) is 6.26 Å². The third-order valence-electron chi connectivity index (χ3n) is 2.49. The number of allylic oxidation sites excluding steroid dienone is 1. The molecule has 3 nitrogen and oxygen atoms in total. The average Bonchev–Trinajstić information content (AvgIpc) is 2.70. The second kappa shape index (κ2) is 4.69. The number of H-pyrrole nitrogens is 1. The summed E-state index contributed by atoms with van der Waals surface area (Å²) in [6.07, 6.45) is 3.31. The van der Waals surface area contributed by atoms with E-state index >= 15 is 0 Å². The van der Waals surface area contributed by atoms with Crippen molar-refractivity contribution in [2.24, 2.45) is 5.41 Å². The first-order valence-electron chi connectivity index (χ1n) is 5.92. The normalized spacial score (nSPS) is 12.2. The lowest BCUT2D eigenvalue weighted by Crippen LogP contribution is -2.03. The molecular weight excluding hydrogens is 226 g/mol. The highest BCUT2D eigenvalue weighted by Crippen LogP contribution is 2.17. The minimum Gasteiger partial charge on any atom is -0.430 e. The number of hydrogen-bond acceptors (Lipinski definition) is 2. The van der Waals surface area contributed by atoms with Crippen LogP contribution < -0.4 is 0 Å². The Labute approximate surface area is 106 Å². The molecular formula is C15H17NO2. The minimum atomic E-state index is -0.369. The molecule has 0 aliphatic heterocycles. The molecule has 1 aromatic heterocycles. The fraction of sp³-hybridized carbons (Fsp3) is 0.267. The molecule has 94 valence electrons. The van der Waals surface area contributed by atoms with E-state index < -0.39 is 0 Å². The lowest BCUT2D eigenvalue weighted by atomic mass is 9.97. The highest BCUT2D eigenvalue weighted by Gasteiger charge is 2.10. The molecule has 0 amide bonds. The van der Waals surface area contributed by atoms with Crippen molar-refractivity contribution in [3.05, 3.63) is 48.4 Å². The maximum absolute atomic E-state index is 11.8. The molecule has 0 saturated carbocycles. The number of aromatic amines is 1. The SMILES string of the molecule is CC(C)(C)C=COC(=O)c1cc2ccccc2[nH]1. The summed E-state index contributed by atoms with van der Waals surface area (Å²) in [5, 5.41) is 1.00. The molecule has 0 aliphatic carbocycles. The standard InChI is InChI=1S/C15H17NO2/c1-15(2,3)8-9-18-14(17)13-10-11-6-4-5-7-12(11)16-13/h4-10,16H,1-3H3. The maximum Gasteiger partial charge on any atom is 0.359 e. The summed E-state index contributed by atoms with van der Waals surface area (Å²) in [6, 6.07) is 9.53. The number of benzene rings is 1. The summed E-state index contributed by atoms with van der Waals surface area (Å²) in [5.41, 5.74) is 1.40. The molecule has 0 bridgehead atoms. The molecule has 1 heterocycles. The van der Waals surface area contributed by atoms with Gasteiger partial charge in [0, 0.05) is 10.9 Å². The van der Waals surface area contributed by atoms with Crippen molar-refractivity contribution in [3.8, 4) is 0 Å². The number of aromatic nitrogens is 1. The van der Waals surface area contributed by atoms with Gasteiger partial charge in [0.25, 0.3) is 0 Å². The van der Waals surface area contributed by atoms with E-state index in [4.69, 9.17) is 4.74 Å². The Balaban J connectivity index is 2.12. The lowest BCUT2D eigenvalue weighted by molar-refractivity contribution is 0.0655. The molecule has 0 radical (unpaired) electrons. The van der Waals surface area contributed by atoms with Crippen LogP contribution in [-0.4, -0.2) is 11.0 Å². The van der Waals surface area contributed by atoms with Crippen LogP contribution in [0.1, 0.15) is 31.3 Å². The molecule has 2 aromatic rings. The van der Waals surface area contributed by atoms with Crippen molar-refractivity contribution in [1.29, 1.82) is 0 Å². The summed E-state index contributed by atoms with van der Waals surface area (Å²) in [4.78, 5) is 14.8. The zero-order chi connectivity index (χ0) is 13.2. The Morgan fingerprint density at radius 3 is 2.67 bits per heavy atom. The molecule has 18 heavy (non-hydrogen) atoms. The lowest BCUT2D eigenvalue weighted by Gasteiger charge is -2.10. The number of para-hydroxylation sites is 1. The van der Waals surface area contributed by atoms with Gasteiger partial charge in [-0.1, -0.05) is 39.0 Å². The zero-order valence-electron chi connectivity index (χ0n) is 10.9. The number of fused-ring (bicyclic) bond motifs is 1. The van der Waals surface area contributed by atoms with Gasteiger partial charge in [0.1, 0.15) is 5.69 Å². The highest BCUT2D eigenvalue weighted by atomic mass is 16.5. The van der Waals surface area contributed by atoms with Gasteiger partial charge in [0.2, 0.25) is 0 Å². The first-order chi connectivity index (χ1) is 8.46. The fourth-order valence-electron chi connectivity index (χ4n) is 1.55. The van der Waals surface area contributed by atoms with E-state index in [-0.39, 0.29) is 11.4 Å². The zero-order valence-corrected chi connectivity index (χ0v) is 10.9. The van der Waals surface area contributed by atoms with Crippen LogP contribution in [0.5, 0.6) is 0 Å². The number of rotatable bonds is 2. The van der Waals surface area contributed by atoms with Gasteiger partial charge in [-0.05, 0) is 23.6 Å². The number of nitrogens with one attached hydrogen (secondary N) is 1. The Morgan fingerprint density at radius 2 is 2.00 bits per heavy atom. The van der Waals surface area contributed by atoms with Crippen molar-refractivity contribution >= 4 is 16.9 Å². The second-order valence-electron chi connectivity index (χ2n) is 5.34. The van der Waals surface area contributed by atoms with Gasteiger partial charge in [-0.25, -0.2) is 4.79 Å². The second-order valence-corrected chi connectivity index (χ2v) is 5.34. The highest BCUT2D eigenvalue weighted by molar-refractivity contribution is 5.94. The quantitative estimate of drug-likeness (QED) is 0.642. The monoisotopic (exact) mass is 243 g/mol.